The summed E-state index contributed by atoms with van der Waals surface area (Å²) in [4.78, 5) is 0.239. The lowest BCUT2D eigenvalue weighted by Crippen LogP contribution is -2.14. The predicted octanol–water partition coefficient (Wildman–Crippen LogP) is 4.24. The largest absolute Gasteiger partial charge is 0.496 e. The molecule has 0 aromatic heterocycles. The molecule has 2 aromatic rings. The van der Waals surface area contributed by atoms with Gasteiger partial charge < -0.3 is 4.74 Å². The molecule has 5 heteroatoms. The molecule has 2 rings (SSSR count). The second-order valence-electron chi connectivity index (χ2n) is 5.91. The Balaban J connectivity index is 2.44. The lowest BCUT2D eigenvalue weighted by atomic mass is 10.0. The van der Waals surface area contributed by atoms with Gasteiger partial charge in [-0.15, -0.1) is 0 Å². The van der Waals surface area contributed by atoms with E-state index >= 15 is 0 Å². The Kier molecular flexibility index (Phi) is 5.00. The molecule has 0 radical (unpaired) electrons. The highest BCUT2D eigenvalue weighted by molar-refractivity contribution is 7.92. The van der Waals surface area contributed by atoms with Crippen LogP contribution >= 0.6 is 0 Å². The Hall–Kier alpha value is -2.01. The average molecular weight is 333 g/mol. The molecule has 1 N–H and O–H groups in total. The van der Waals surface area contributed by atoms with Crippen LogP contribution in [-0.4, -0.2) is 15.5 Å². The highest BCUT2D eigenvalue weighted by Gasteiger charge is 2.19. The summed E-state index contributed by atoms with van der Waals surface area (Å²) >= 11 is 0. The molecular weight excluding hydrogens is 310 g/mol. The molecule has 0 aliphatic heterocycles. The average Bonchev–Trinajstić information content (AvgIpc) is 2.51. The summed E-state index contributed by atoms with van der Waals surface area (Å²) in [6, 6.07) is 10.5. The van der Waals surface area contributed by atoms with Gasteiger partial charge in [-0.25, -0.2) is 8.42 Å². The van der Waals surface area contributed by atoms with Gasteiger partial charge in [0.15, 0.2) is 0 Å². The van der Waals surface area contributed by atoms with Gasteiger partial charge in [0, 0.05) is 0 Å². The van der Waals surface area contributed by atoms with Gasteiger partial charge in [0.05, 0.1) is 17.7 Å². The van der Waals surface area contributed by atoms with Gasteiger partial charge in [-0.1, -0.05) is 26.0 Å². The van der Waals surface area contributed by atoms with Gasteiger partial charge in [0.2, 0.25) is 0 Å². The summed E-state index contributed by atoms with van der Waals surface area (Å²) < 4.78 is 33.4. The van der Waals surface area contributed by atoms with Crippen LogP contribution in [-0.2, 0) is 10.0 Å². The third-order valence-corrected chi connectivity index (χ3v) is 5.35. The Bertz CT molecular complexity index is 811. The number of hydrogen-bond acceptors (Lipinski definition) is 3. The van der Waals surface area contributed by atoms with Crippen molar-refractivity contribution in [3.8, 4) is 5.75 Å². The zero-order valence-corrected chi connectivity index (χ0v) is 15.0. The lowest BCUT2D eigenvalue weighted by molar-refractivity contribution is 0.407. The number of ether oxygens (including phenoxy) is 1. The van der Waals surface area contributed by atoms with Gasteiger partial charge in [-0.3, -0.25) is 4.72 Å². The molecule has 0 aliphatic carbocycles. The van der Waals surface area contributed by atoms with E-state index in [2.05, 4.69) is 4.72 Å². The van der Waals surface area contributed by atoms with Crippen LogP contribution in [0.5, 0.6) is 5.75 Å². The summed E-state index contributed by atoms with van der Waals surface area (Å²) in [6.45, 7) is 7.87. The molecule has 0 spiro atoms. The summed E-state index contributed by atoms with van der Waals surface area (Å²) in [5.41, 5.74) is 3.44. The van der Waals surface area contributed by atoms with E-state index in [1.165, 1.54) is 0 Å². The standard InChI is InChI=1S/C18H23NO3S/c1-12(2)16-11-15(9-10-18(16)22-5)23(20,21)19-17-8-6-7-13(3)14(17)4/h6-12,19H,1-5H3. The number of hydrogen-bond donors (Lipinski definition) is 1. The molecular formula is C18H23NO3S. The molecule has 0 aliphatic rings. The predicted molar refractivity (Wildman–Crippen MR) is 93.8 cm³/mol. The minimum Gasteiger partial charge on any atom is -0.496 e. The van der Waals surface area contributed by atoms with Gasteiger partial charge in [-0.2, -0.15) is 0 Å². The second-order valence-corrected chi connectivity index (χ2v) is 7.59. The number of methoxy groups -OCH3 is 1. The van der Waals surface area contributed by atoms with Gasteiger partial charge in [-0.05, 0) is 60.7 Å². The first-order chi connectivity index (χ1) is 10.8. The monoisotopic (exact) mass is 333 g/mol. The second kappa shape index (κ2) is 6.62. The third kappa shape index (κ3) is 3.67. The quantitative estimate of drug-likeness (QED) is 0.890. The maximum Gasteiger partial charge on any atom is 0.261 e. The summed E-state index contributed by atoms with van der Waals surface area (Å²) in [5.74, 6) is 0.867. The molecule has 124 valence electrons. The molecule has 0 unspecified atom stereocenters. The van der Waals surface area contributed by atoms with Crippen LogP contribution in [0.15, 0.2) is 41.3 Å². The van der Waals surface area contributed by atoms with E-state index in [-0.39, 0.29) is 10.8 Å². The maximum absolute atomic E-state index is 12.7. The van der Waals surface area contributed by atoms with Crippen LogP contribution < -0.4 is 9.46 Å². The molecule has 4 nitrogen and oxygen atoms in total. The van der Waals surface area contributed by atoms with Crippen LogP contribution in [0.25, 0.3) is 0 Å². The topological polar surface area (TPSA) is 55.4 Å². The summed E-state index contributed by atoms with van der Waals surface area (Å²) in [6.07, 6.45) is 0. The van der Waals surface area contributed by atoms with Crippen LogP contribution in [0.1, 0.15) is 36.5 Å². The molecule has 0 bridgehead atoms. The number of anilines is 1. The smallest absolute Gasteiger partial charge is 0.261 e. The van der Waals surface area contributed by atoms with Crippen LogP contribution in [0.4, 0.5) is 5.69 Å². The molecule has 23 heavy (non-hydrogen) atoms. The molecule has 0 amide bonds. The van der Waals surface area contributed by atoms with Crippen LogP contribution in [0.3, 0.4) is 0 Å². The van der Waals surface area contributed by atoms with E-state index in [1.54, 1.807) is 31.4 Å². The van der Waals surface area contributed by atoms with Crippen molar-refractivity contribution in [3.63, 3.8) is 0 Å². The molecule has 0 saturated heterocycles. The zero-order valence-electron chi connectivity index (χ0n) is 14.2. The van der Waals surface area contributed by atoms with Crippen molar-refractivity contribution in [2.45, 2.75) is 38.5 Å². The van der Waals surface area contributed by atoms with E-state index in [0.717, 1.165) is 16.7 Å². The van der Waals surface area contributed by atoms with Crippen LogP contribution in [0.2, 0.25) is 0 Å². The normalized spacial score (nSPS) is 11.6. The first-order valence-electron chi connectivity index (χ1n) is 7.53. The maximum atomic E-state index is 12.7. The van der Waals surface area contributed by atoms with Crippen molar-refractivity contribution < 1.29 is 13.2 Å². The van der Waals surface area contributed by atoms with Gasteiger partial charge in [0.25, 0.3) is 10.0 Å². The van der Waals surface area contributed by atoms with E-state index in [4.69, 9.17) is 4.74 Å². The summed E-state index contributed by atoms with van der Waals surface area (Å²) in [5, 5.41) is 0. The van der Waals surface area contributed by atoms with E-state index < -0.39 is 10.0 Å². The van der Waals surface area contributed by atoms with Crippen molar-refractivity contribution in [2.24, 2.45) is 0 Å². The highest BCUT2D eigenvalue weighted by atomic mass is 32.2. The zero-order chi connectivity index (χ0) is 17.2. The summed E-state index contributed by atoms with van der Waals surface area (Å²) in [7, 11) is -2.05. The number of sulfonamides is 1. The van der Waals surface area contributed by atoms with E-state index in [9.17, 15) is 8.42 Å². The Labute approximate surface area is 138 Å². The van der Waals surface area contributed by atoms with Crippen molar-refractivity contribution in [1.82, 2.24) is 0 Å². The third-order valence-electron chi connectivity index (χ3n) is 3.98. The fraction of sp³-hybridized carbons (Fsp3) is 0.333. The Morgan fingerprint density at radius 1 is 1.09 bits per heavy atom. The van der Waals surface area contributed by atoms with Crippen molar-refractivity contribution >= 4 is 15.7 Å². The van der Waals surface area contributed by atoms with Gasteiger partial charge >= 0.3 is 0 Å². The molecule has 0 heterocycles. The minimum atomic E-state index is -3.64. The van der Waals surface area contributed by atoms with Crippen molar-refractivity contribution in [2.75, 3.05) is 11.8 Å². The van der Waals surface area contributed by atoms with Crippen molar-refractivity contribution in [3.05, 3.63) is 53.1 Å². The SMILES string of the molecule is COc1ccc(S(=O)(=O)Nc2cccc(C)c2C)cc1C(C)C. The van der Waals surface area contributed by atoms with E-state index in [0.29, 0.717) is 11.4 Å². The first-order valence-corrected chi connectivity index (χ1v) is 9.01. The fourth-order valence-electron chi connectivity index (χ4n) is 2.40. The number of nitrogens with one attached hydrogen (secondary N) is 1. The van der Waals surface area contributed by atoms with Gasteiger partial charge in [0.1, 0.15) is 5.75 Å². The first kappa shape index (κ1) is 17.3. The number of benzene rings is 2. The van der Waals surface area contributed by atoms with E-state index in [1.807, 2.05) is 39.8 Å². The lowest BCUT2D eigenvalue weighted by Gasteiger charge is -2.15. The fourth-order valence-corrected chi connectivity index (χ4v) is 3.55. The number of rotatable bonds is 5. The highest BCUT2D eigenvalue weighted by Crippen LogP contribution is 2.30. The molecule has 2 aromatic carbocycles. The molecule has 0 saturated carbocycles. The Morgan fingerprint density at radius 3 is 2.39 bits per heavy atom. The molecule has 0 atom stereocenters. The van der Waals surface area contributed by atoms with Crippen LogP contribution in [0, 0.1) is 13.8 Å². The molecule has 0 fully saturated rings. The van der Waals surface area contributed by atoms with Crippen molar-refractivity contribution in [1.29, 1.82) is 0 Å². The minimum absolute atomic E-state index is 0.167. The number of aryl methyl sites for hydroxylation is 1. The Morgan fingerprint density at radius 2 is 1.78 bits per heavy atom.